The fourth-order valence-electron chi connectivity index (χ4n) is 3.53. The van der Waals surface area contributed by atoms with Crippen molar-refractivity contribution in [1.82, 2.24) is 0 Å². The first-order chi connectivity index (χ1) is 14.0. The summed E-state index contributed by atoms with van der Waals surface area (Å²) < 4.78 is 22.1. The molecule has 0 aliphatic heterocycles. The van der Waals surface area contributed by atoms with Crippen molar-refractivity contribution in [2.75, 3.05) is 21.3 Å². The lowest BCUT2D eigenvalue weighted by Gasteiger charge is -2.07. The molecule has 0 saturated carbocycles. The van der Waals surface area contributed by atoms with Gasteiger partial charge in [0, 0.05) is 22.6 Å². The average Bonchev–Trinajstić information content (AvgIpc) is 3.08. The Morgan fingerprint density at radius 3 is 2.28 bits per heavy atom. The highest BCUT2D eigenvalue weighted by molar-refractivity contribution is 5.95. The number of aliphatic carboxylic acids is 1. The second kappa shape index (κ2) is 7.39. The number of furan rings is 1. The standard InChI is InChI=1S/C23H20O6/c1-26-16-7-6-13-8-15(5-4-14(13)9-16)23-18(11-22(24)25)17-10-20(27-2)21(28-3)12-19(17)29-23/h4-10,12H,11H2,1-3H3,(H,24,25). The van der Waals surface area contributed by atoms with Gasteiger partial charge in [0.25, 0.3) is 0 Å². The minimum Gasteiger partial charge on any atom is -0.497 e. The van der Waals surface area contributed by atoms with Crippen molar-refractivity contribution in [2.24, 2.45) is 0 Å². The van der Waals surface area contributed by atoms with Crippen LogP contribution in [-0.4, -0.2) is 32.4 Å². The molecule has 29 heavy (non-hydrogen) atoms. The summed E-state index contributed by atoms with van der Waals surface area (Å²) >= 11 is 0. The molecule has 0 atom stereocenters. The molecule has 3 aromatic carbocycles. The average molecular weight is 392 g/mol. The molecule has 1 aromatic heterocycles. The predicted octanol–water partition coefficient (Wildman–Crippen LogP) is 4.91. The zero-order chi connectivity index (χ0) is 20.5. The lowest BCUT2D eigenvalue weighted by atomic mass is 10.00. The van der Waals surface area contributed by atoms with Crippen molar-refractivity contribution < 1.29 is 28.5 Å². The van der Waals surface area contributed by atoms with E-state index in [1.807, 2.05) is 36.4 Å². The molecular formula is C23H20O6. The van der Waals surface area contributed by atoms with E-state index in [2.05, 4.69) is 0 Å². The molecule has 4 rings (SSSR count). The van der Waals surface area contributed by atoms with Gasteiger partial charge in [-0.3, -0.25) is 4.79 Å². The Morgan fingerprint density at radius 2 is 1.59 bits per heavy atom. The fraction of sp³-hybridized carbons (Fsp3) is 0.174. The van der Waals surface area contributed by atoms with E-state index in [4.69, 9.17) is 18.6 Å². The number of fused-ring (bicyclic) bond motifs is 2. The van der Waals surface area contributed by atoms with E-state index >= 15 is 0 Å². The minimum absolute atomic E-state index is 0.168. The number of benzene rings is 3. The maximum atomic E-state index is 11.5. The highest BCUT2D eigenvalue weighted by Gasteiger charge is 2.21. The van der Waals surface area contributed by atoms with Crippen molar-refractivity contribution in [2.45, 2.75) is 6.42 Å². The predicted molar refractivity (Wildman–Crippen MR) is 110 cm³/mol. The zero-order valence-corrected chi connectivity index (χ0v) is 16.3. The Balaban J connectivity index is 1.94. The summed E-state index contributed by atoms with van der Waals surface area (Å²) in [5.74, 6) is 1.40. The van der Waals surface area contributed by atoms with Gasteiger partial charge in [0.15, 0.2) is 11.5 Å². The molecular weight excluding hydrogens is 372 g/mol. The van der Waals surface area contributed by atoms with E-state index in [-0.39, 0.29) is 6.42 Å². The van der Waals surface area contributed by atoms with Crippen molar-refractivity contribution in [3.63, 3.8) is 0 Å². The van der Waals surface area contributed by atoms with E-state index in [9.17, 15) is 9.90 Å². The molecule has 1 heterocycles. The van der Waals surface area contributed by atoms with Gasteiger partial charge < -0.3 is 23.7 Å². The third kappa shape index (κ3) is 3.33. The molecule has 0 amide bonds. The van der Waals surface area contributed by atoms with Gasteiger partial charge in [-0.2, -0.15) is 0 Å². The number of methoxy groups -OCH3 is 3. The number of carboxylic acids is 1. The smallest absolute Gasteiger partial charge is 0.307 e. The SMILES string of the molecule is COc1ccc2cc(-c3oc4cc(OC)c(OC)cc4c3CC(=O)O)ccc2c1. The van der Waals surface area contributed by atoms with E-state index < -0.39 is 5.97 Å². The normalized spacial score (nSPS) is 11.0. The summed E-state index contributed by atoms with van der Waals surface area (Å²) in [6, 6.07) is 15.1. The van der Waals surface area contributed by atoms with Gasteiger partial charge >= 0.3 is 5.97 Å². The summed E-state index contributed by atoms with van der Waals surface area (Å²) in [5, 5.41) is 12.2. The van der Waals surface area contributed by atoms with Gasteiger partial charge in [-0.25, -0.2) is 0 Å². The monoisotopic (exact) mass is 392 g/mol. The number of hydrogen-bond acceptors (Lipinski definition) is 5. The van der Waals surface area contributed by atoms with Crippen LogP contribution in [0.1, 0.15) is 5.56 Å². The van der Waals surface area contributed by atoms with Crippen molar-refractivity contribution in [1.29, 1.82) is 0 Å². The molecule has 4 aromatic rings. The van der Waals surface area contributed by atoms with E-state index in [1.54, 1.807) is 33.5 Å². The minimum atomic E-state index is -0.936. The first-order valence-electron chi connectivity index (χ1n) is 9.01. The van der Waals surface area contributed by atoms with Crippen LogP contribution in [0.4, 0.5) is 0 Å². The second-order valence-corrected chi connectivity index (χ2v) is 6.61. The molecule has 6 heteroatoms. The lowest BCUT2D eigenvalue weighted by Crippen LogP contribution is -2.01. The molecule has 0 spiro atoms. The van der Waals surface area contributed by atoms with Crippen LogP contribution in [0.2, 0.25) is 0 Å². The van der Waals surface area contributed by atoms with Crippen molar-refractivity contribution in [3.8, 4) is 28.6 Å². The molecule has 0 bridgehead atoms. The van der Waals surface area contributed by atoms with Crippen LogP contribution >= 0.6 is 0 Å². The summed E-state index contributed by atoms with van der Waals surface area (Å²) in [4.78, 5) is 11.5. The van der Waals surface area contributed by atoms with Gasteiger partial charge in [0.1, 0.15) is 17.1 Å². The molecule has 148 valence electrons. The van der Waals surface area contributed by atoms with E-state index in [1.165, 1.54) is 0 Å². The van der Waals surface area contributed by atoms with Crippen LogP contribution in [0.5, 0.6) is 17.2 Å². The Hall–Kier alpha value is -3.67. The fourth-order valence-corrected chi connectivity index (χ4v) is 3.53. The highest BCUT2D eigenvalue weighted by atomic mass is 16.5. The van der Waals surface area contributed by atoms with Gasteiger partial charge in [0.05, 0.1) is 27.8 Å². The molecule has 0 radical (unpaired) electrons. The third-order valence-electron chi connectivity index (χ3n) is 4.93. The number of rotatable bonds is 6. The largest absolute Gasteiger partial charge is 0.497 e. The first kappa shape index (κ1) is 18.7. The Labute approximate surface area is 167 Å². The van der Waals surface area contributed by atoms with Crippen molar-refractivity contribution in [3.05, 3.63) is 54.1 Å². The number of carboxylic acid groups (broad SMARTS) is 1. The molecule has 0 aliphatic rings. The van der Waals surface area contributed by atoms with E-state index in [0.717, 1.165) is 22.1 Å². The quantitative estimate of drug-likeness (QED) is 0.503. The summed E-state index contributed by atoms with van der Waals surface area (Å²) in [5.41, 5.74) is 1.94. The summed E-state index contributed by atoms with van der Waals surface area (Å²) in [6.07, 6.45) is -0.168. The van der Waals surface area contributed by atoms with Gasteiger partial charge in [-0.15, -0.1) is 0 Å². The zero-order valence-electron chi connectivity index (χ0n) is 16.3. The van der Waals surface area contributed by atoms with Gasteiger partial charge in [0.2, 0.25) is 0 Å². The van der Waals surface area contributed by atoms with Crippen LogP contribution in [0.3, 0.4) is 0 Å². The number of ether oxygens (including phenoxy) is 3. The molecule has 0 saturated heterocycles. The van der Waals surface area contributed by atoms with E-state index in [0.29, 0.717) is 33.8 Å². The first-order valence-corrected chi connectivity index (χ1v) is 9.01. The van der Waals surface area contributed by atoms with Crippen LogP contribution in [0, 0.1) is 0 Å². The van der Waals surface area contributed by atoms with Crippen LogP contribution in [0.25, 0.3) is 33.1 Å². The molecule has 0 fully saturated rings. The van der Waals surface area contributed by atoms with Crippen molar-refractivity contribution >= 4 is 27.7 Å². The molecule has 0 unspecified atom stereocenters. The highest BCUT2D eigenvalue weighted by Crippen LogP contribution is 2.40. The topological polar surface area (TPSA) is 78.1 Å². The maximum absolute atomic E-state index is 11.5. The molecule has 0 aliphatic carbocycles. The number of hydrogen-bond donors (Lipinski definition) is 1. The molecule has 6 nitrogen and oxygen atoms in total. The Morgan fingerprint density at radius 1 is 0.897 bits per heavy atom. The second-order valence-electron chi connectivity index (χ2n) is 6.61. The van der Waals surface area contributed by atoms with Gasteiger partial charge in [-0.1, -0.05) is 18.2 Å². The summed E-state index contributed by atoms with van der Waals surface area (Å²) in [7, 11) is 4.72. The Bertz CT molecular complexity index is 1220. The van der Waals surface area contributed by atoms with Crippen LogP contribution in [0.15, 0.2) is 52.9 Å². The van der Waals surface area contributed by atoms with Gasteiger partial charge in [-0.05, 0) is 35.0 Å². The summed E-state index contributed by atoms with van der Waals surface area (Å²) in [6.45, 7) is 0. The van der Waals surface area contributed by atoms with Crippen LogP contribution < -0.4 is 14.2 Å². The third-order valence-corrected chi connectivity index (χ3v) is 4.93. The Kier molecular flexibility index (Phi) is 4.76. The lowest BCUT2D eigenvalue weighted by molar-refractivity contribution is -0.136. The maximum Gasteiger partial charge on any atom is 0.307 e. The number of carbonyl (C=O) groups is 1. The van der Waals surface area contributed by atoms with Crippen LogP contribution in [-0.2, 0) is 11.2 Å². The molecule has 1 N–H and O–H groups in total.